The Balaban J connectivity index is 1.76. The van der Waals surface area contributed by atoms with E-state index in [9.17, 15) is 4.79 Å². The lowest BCUT2D eigenvalue weighted by Gasteiger charge is -2.01. The van der Waals surface area contributed by atoms with Crippen LogP contribution < -0.4 is 5.56 Å². The molecule has 126 valence electrons. The number of H-pyrrole nitrogens is 1. The average molecular weight is 396 g/mol. The van der Waals surface area contributed by atoms with Crippen LogP contribution in [0.2, 0.25) is 0 Å². The average Bonchev–Trinajstić information content (AvgIpc) is 3.31. The molecule has 1 N–H and O–H groups in total. The van der Waals surface area contributed by atoms with E-state index in [1.165, 1.54) is 11.3 Å². The molecule has 0 atom stereocenters. The number of aromatic amines is 1. The standard InChI is InChI=1S/C19H10ClN3OS2/c20-14(8-11-3-5-12(9-21)6-4-11)17-22-18(24)16-13(10-26-19(16)23-17)15-2-1-7-25-15/h1-8,10H,(H,22,23,24)/b14-8+. The van der Waals surface area contributed by atoms with Gasteiger partial charge in [-0.05, 0) is 35.2 Å². The number of nitrogens with one attached hydrogen (secondary N) is 1. The second-order valence-electron chi connectivity index (χ2n) is 5.45. The molecule has 0 aliphatic heterocycles. The van der Waals surface area contributed by atoms with E-state index in [0.29, 0.717) is 26.6 Å². The highest BCUT2D eigenvalue weighted by molar-refractivity contribution is 7.18. The van der Waals surface area contributed by atoms with E-state index in [0.717, 1.165) is 16.0 Å². The molecule has 0 amide bonds. The maximum atomic E-state index is 12.6. The summed E-state index contributed by atoms with van der Waals surface area (Å²) in [4.78, 5) is 21.6. The van der Waals surface area contributed by atoms with E-state index in [1.54, 1.807) is 41.7 Å². The lowest BCUT2D eigenvalue weighted by atomic mass is 10.1. The first-order chi connectivity index (χ1) is 12.7. The summed E-state index contributed by atoms with van der Waals surface area (Å²) < 4.78 is 0. The summed E-state index contributed by atoms with van der Waals surface area (Å²) in [7, 11) is 0. The van der Waals surface area contributed by atoms with Gasteiger partial charge in [0.2, 0.25) is 0 Å². The minimum absolute atomic E-state index is 0.207. The molecule has 0 radical (unpaired) electrons. The number of hydrogen-bond donors (Lipinski definition) is 1. The third-order valence-electron chi connectivity index (χ3n) is 3.79. The summed E-state index contributed by atoms with van der Waals surface area (Å²) in [5, 5.41) is 13.7. The minimum Gasteiger partial charge on any atom is -0.305 e. The molecule has 0 saturated heterocycles. The van der Waals surface area contributed by atoms with Crippen molar-refractivity contribution < 1.29 is 0 Å². The fourth-order valence-electron chi connectivity index (χ4n) is 2.54. The van der Waals surface area contributed by atoms with Crippen molar-refractivity contribution in [3.05, 3.63) is 74.5 Å². The van der Waals surface area contributed by atoms with Gasteiger partial charge in [-0.3, -0.25) is 4.79 Å². The fraction of sp³-hybridized carbons (Fsp3) is 0. The first kappa shape index (κ1) is 16.7. The van der Waals surface area contributed by atoms with E-state index in [-0.39, 0.29) is 5.56 Å². The van der Waals surface area contributed by atoms with Gasteiger partial charge in [-0.25, -0.2) is 4.98 Å². The summed E-state index contributed by atoms with van der Waals surface area (Å²) in [6, 6.07) is 13.0. The smallest absolute Gasteiger partial charge is 0.260 e. The highest BCUT2D eigenvalue weighted by Gasteiger charge is 2.14. The van der Waals surface area contributed by atoms with Crippen LogP contribution in [-0.2, 0) is 0 Å². The molecule has 3 heterocycles. The van der Waals surface area contributed by atoms with Crippen molar-refractivity contribution in [3.8, 4) is 16.5 Å². The van der Waals surface area contributed by atoms with Crippen LogP contribution in [0, 0.1) is 11.3 Å². The zero-order valence-corrected chi connectivity index (χ0v) is 15.6. The molecule has 0 saturated carbocycles. The molecule has 4 aromatic rings. The normalized spacial score (nSPS) is 11.6. The van der Waals surface area contributed by atoms with Crippen LogP contribution >= 0.6 is 34.3 Å². The van der Waals surface area contributed by atoms with Crippen molar-refractivity contribution in [1.82, 2.24) is 9.97 Å². The Hall–Kier alpha value is -2.72. The van der Waals surface area contributed by atoms with Crippen molar-refractivity contribution in [2.75, 3.05) is 0 Å². The molecule has 0 unspecified atom stereocenters. The molecule has 0 fully saturated rings. The largest absolute Gasteiger partial charge is 0.305 e. The number of halogens is 1. The van der Waals surface area contributed by atoms with Gasteiger partial charge >= 0.3 is 0 Å². The third-order valence-corrected chi connectivity index (χ3v) is 5.85. The molecule has 0 aliphatic rings. The van der Waals surface area contributed by atoms with Gasteiger partial charge in [0, 0.05) is 15.8 Å². The highest BCUT2D eigenvalue weighted by Crippen LogP contribution is 2.34. The van der Waals surface area contributed by atoms with Crippen molar-refractivity contribution in [2.45, 2.75) is 0 Å². The number of nitrogens with zero attached hydrogens (tertiary/aromatic N) is 2. The van der Waals surface area contributed by atoms with Gasteiger partial charge in [0.25, 0.3) is 5.56 Å². The zero-order chi connectivity index (χ0) is 18.1. The molecular weight excluding hydrogens is 386 g/mol. The van der Waals surface area contributed by atoms with Crippen molar-refractivity contribution in [2.24, 2.45) is 0 Å². The highest BCUT2D eigenvalue weighted by atomic mass is 35.5. The van der Waals surface area contributed by atoms with Crippen LogP contribution in [0.25, 0.3) is 31.8 Å². The molecule has 0 aliphatic carbocycles. The quantitative estimate of drug-likeness (QED) is 0.510. The fourth-order valence-corrected chi connectivity index (χ4v) is 4.52. The Morgan fingerprint density at radius 1 is 1.23 bits per heavy atom. The van der Waals surface area contributed by atoms with Crippen LogP contribution in [-0.4, -0.2) is 9.97 Å². The Morgan fingerprint density at radius 2 is 2.04 bits per heavy atom. The maximum absolute atomic E-state index is 12.6. The van der Waals surface area contributed by atoms with Crippen molar-refractivity contribution in [3.63, 3.8) is 0 Å². The summed E-state index contributed by atoms with van der Waals surface area (Å²) >= 11 is 9.37. The topological polar surface area (TPSA) is 69.5 Å². The zero-order valence-electron chi connectivity index (χ0n) is 13.2. The summed E-state index contributed by atoms with van der Waals surface area (Å²) in [5.74, 6) is 0.327. The molecule has 26 heavy (non-hydrogen) atoms. The Morgan fingerprint density at radius 3 is 2.73 bits per heavy atom. The predicted octanol–water partition coefficient (Wildman–Crippen LogP) is 5.32. The molecule has 4 rings (SSSR count). The minimum atomic E-state index is -0.207. The summed E-state index contributed by atoms with van der Waals surface area (Å²) in [6.07, 6.45) is 1.71. The van der Waals surface area contributed by atoms with Crippen LogP contribution in [0.1, 0.15) is 17.0 Å². The van der Waals surface area contributed by atoms with E-state index >= 15 is 0 Å². The van der Waals surface area contributed by atoms with E-state index < -0.39 is 0 Å². The molecule has 1 aromatic carbocycles. The van der Waals surface area contributed by atoms with Gasteiger partial charge < -0.3 is 4.98 Å². The van der Waals surface area contributed by atoms with Crippen molar-refractivity contribution in [1.29, 1.82) is 5.26 Å². The van der Waals surface area contributed by atoms with Crippen LogP contribution in [0.15, 0.2) is 52.0 Å². The van der Waals surface area contributed by atoms with E-state index in [2.05, 4.69) is 16.0 Å². The number of hydrogen-bond acceptors (Lipinski definition) is 5. The van der Waals surface area contributed by atoms with E-state index in [4.69, 9.17) is 16.9 Å². The van der Waals surface area contributed by atoms with Gasteiger partial charge in [-0.1, -0.05) is 29.8 Å². The number of thiophene rings is 2. The number of benzene rings is 1. The number of nitriles is 1. The second kappa shape index (κ2) is 6.89. The van der Waals surface area contributed by atoms with Gasteiger partial charge in [0.1, 0.15) is 4.83 Å². The molecule has 0 bridgehead atoms. The molecule has 3 aromatic heterocycles. The van der Waals surface area contributed by atoms with Gasteiger partial charge in [0.15, 0.2) is 5.82 Å². The molecular formula is C19H10ClN3OS2. The first-order valence-corrected chi connectivity index (χ1v) is 9.72. The molecule has 7 heteroatoms. The molecule has 0 spiro atoms. The monoisotopic (exact) mass is 395 g/mol. The van der Waals surface area contributed by atoms with Gasteiger partial charge in [-0.15, -0.1) is 22.7 Å². The predicted molar refractivity (Wildman–Crippen MR) is 108 cm³/mol. The Bertz CT molecular complexity index is 1210. The third kappa shape index (κ3) is 3.08. The molecule has 4 nitrogen and oxygen atoms in total. The van der Waals surface area contributed by atoms with Crippen LogP contribution in [0.3, 0.4) is 0 Å². The van der Waals surface area contributed by atoms with Crippen LogP contribution in [0.4, 0.5) is 0 Å². The Labute approximate surface area is 161 Å². The van der Waals surface area contributed by atoms with Crippen molar-refractivity contribution >= 4 is 55.6 Å². The summed E-state index contributed by atoms with van der Waals surface area (Å²) in [5.41, 5.74) is 2.08. The van der Waals surface area contributed by atoms with Gasteiger partial charge in [-0.2, -0.15) is 5.26 Å². The van der Waals surface area contributed by atoms with Crippen LogP contribution in [0.5, 0.6) is 0 Å². The summed E-state index contributed by atoms with van der Waals surface area (Å²) in [6.45, 7) is 0. The van der Waals surface area contributed by atoms with Gasteiger partial charge in [0.05, 0.1) is 22.1 Å². The number of aromatic nitrogens is 2. The number of rotatable bonds is 3. The SMILES string of the molecule is N#Cc1ccc(/C=C(/Cl)c2nc3scc(-c4cccs4)c3c(=O)[nH]2)cc1. The maximum Gasteiger partial charge on any atom is 0.260 e. The second-order valence-corrected chi connectivity index (χ2v) is 7.66. The first-order valence-electron chi connectivity index (χ1n) is 7.59. The lowest BCUT2D eigenvalue weighted by molar-refractivity contribution is 1.14. The number of fused-ring (bicyclic) bond motifs is 1. The van der Waals surface area contributed by atoms with E-state index in [1.807, 2.05) is 22.9 Å². The Kier molecular flexibility index (Phi) is 4.43. The lowest BCUT2D eigenvalue weighted by Crippen LogP contribution is -2.10.